The molecule has 4 aliphatic heterocycles. The van der Waals surface area contributed by atoms with Gasteiger partial charge in [0.15, 0.2) is 0 Å². The van der Waals surface area contributed by atoms with Gasteiger partial charge in [0, 0.05) is 36.3 Å². The van der Waals surface area contributed by atoms with E-state index in [0.29, 0.717) is 36.0 Å². The number of hydrogen-bond acceptors (Lipinski definition) is 5. The molecule has 6 aliphatic rings. The molecule has 4 amide bonds. The van der Waals surface area contributed by atoms with E-state index in [2.05, 4.69) is 79.6 Å². The van der Waals surface area contributed by atoms with E-state index in [0.717, 1.165) is 62.5 Å². The SMILES string of the molecule is O=C(NC1CCC(CCN2[C@@H]3CC[C@H]2c2ccccc23)CC1)N[C@H](c1ccccc1)[C@H](NC(=O)NC1CCC(CCN2[C@@H]3CC[C@H]2c2ccccc23)CC1)c1ccccc1.O=C(O)C(F)(F)F. The first-order valence-corrected chi connectivity index (χ1v) is 24.7. The van der Waals surface area contributed by atoms with Gasteiger partial charge in [-0.05, 0) is 148 Å². The molecular weight excluding hydrogens is 854 g/mol. The Kier molecular flexibility index (Phi) is 14.5. The predicted molar refractivity (Wildman–Crippen MR) is 252 cm³/mol. The smallest absolute Gasteiger partial charge is 0.475 e. The summed E-state index contributed by atoms with van der Waals surface area (Å²) in [6, 6.07) is 39.8. The van der Waals surface area contributed by atoms with Gasteiger partial charge in [-0.15, -0.1) is 0 Å². The van der Waals surface area contributed by atoms with Crippen LogP contribution in [0.1, 0.15) is 160 Å². The second-order valence-corrected chi connectivity index (χ2v) is 19.8. The van der Waals surface area contributed by atoms with Crippen LogP contribution in [0, 0.1) is 11.8 Å². The van der Waals surface area contributed by atoms with E-state index >= 15 is 0 Å². The number of carbonyl (C=O) groups excluding carboxylic acids is 2. The summed E-state index contributed by atoms with van der Waals surface area (Å²) >= 11 is 0. The number of amides is 4. The molecule has 10 rings (SSSR count). The normalized spacial score (nSPS) is 27.1. The Hall–Kier alpha value is -5.40. The van der Waals surface area contributed by atoms with Gasteiger partial charge in [-0.3, -0.25) is 9.80 Å². The Bertz CT molecular complexity index is 2090. The lowest BCUT2D eigenvalue weighted by molar-refractivity contribution is -0.192. The summed E-state index contributed by atoms with van der Waals surface area (Å²) in [6.45, 7) is 2.34. The van der Waals surface area contributed by atoms with Crippen LogP contribution in [0.5, 0.6) is 0 Å². The number of rotatable bonds is 13. The van der Waals surface area contributed by atoms with Crippen molar-refractivity contribution in [2.24, 2.45) is 11.8 Å². The number of fused-ring (bicyclic) bond motifs is 10. The lowest BCUT2D eigenvalue weighted by atomic mass is 9.84. The maximum Gasteiger partial charge on any atom is 0.490 e. The molecule has 4 fully saturated rings. The molecule has 6 atom stereocenters. The maximum atomic E-state index is 13.9. The summed E-state index contributed by atoms with van der Waals surface area (Å²) in [5, 5.41) is 20.5. The quantitative estimate of drug-likeness (QED) is 0.0909. The minimum atomic E-state index is -5.08. The highest BCUT2D eigenvalue weighted by atomic mass is 19.4. The third kappa shape index (κ3) is 10.8. The molecule has 4 bridgehead atoms. The van der Waals surface area contributed by atoms with Crippen LogP contribution in [-0.2, 0) is 4.79 Å². The largest absolute Gasteiger partial charge is 0.490 e. The highest BCUT2D eigenvalue weighted by Gasteiger charge is 2.45. The van der Waals surface area contributed by atoms with Crippen LogP contribution < -0.4 is 21.3 Å². The molecule has 2 saturated carbocycles. The van der Waals surface area contributed by atoms with E-state index in [-0.39, 0.29) is 24.1 Å². The van der Waals surface area contributed by atoms with Crippen LogP contribution in [0.25, 0.3) is 0 Å². The zero-order chi connectivity index (χ0) is 46.5. The molecule has 0 spiro atoms. The molecule has 0 radical (unpaired) electrons. The number of nitrogens with one attached hydrogen (secondary N) is 4. The van der Waals surface area contributed by atoms with E-state index in [1.54, 1.807) is 22.3 Å². The number of halogens is 3. The van der Waals surface area contributed by atoms with Gasteiger partial charge in [0.1, 0.15) is 0 Å². The monoisotopic (exact) mass is 919 g/mol. The third-order valence-electron chi connectivity index (χ3n) is 15.9. The maximum absolute atomic E-state index is 13.9. The van der Waals surface area contributed by atoms with Gasteiger partial charge in [0.25, 0.3) is 0 Å². The molecule has 4 aromatic carbocycles. The lowest BCUT2D eigenvalue weighted by Crippen LogP contribution is -2.50. The molecule has 2 saturated heterocycles. The molecule has 10 nitrogen and oxygen atoms in total. The molecule has 2 aliphatic carbocycles. The first kappa shape index (κ1) is 46.7. The molecule has 0 unspecified atom stereocenters. The Morgan fingerprint density at radius 1 is 0.493 bits per heavy atom. The molecule has 4 heterocycles. The standard InChI is InChI=1S/C52H64N6O2.C2HF3O2/c59-51(53-39-23-19-35(20-24-39)31-33-57-45-27-28-46(57)42-16-8-7-15-41(42)45)55-49(37-11-3-1-4-12-37)50(38-13-5-2-6-14-38)56-52(60)54-40-25-21-36(22-26-40)32-34-58-47-29-30-48(58)44-18-10-9-17-43(44)47;3-2(4,5)1(6)7/h1-18,35-36,39-40,45-50H,19-34H2,(H2,53,55,59)(H2,54,56,60);(H,6,7)/t35?,36?,39?,40?,45-,46+,47-,48+,49-,50-;/m1./s1. The highest BCUT2D eigenvalue weighted by molar-refractivity contribution is 5.77. The summed E-state index contributed by atoms with van der Waals surface area (Å²) in [4.78, 5) is 42.3. The number of alkyl halides is 3. The van der Waals surface area contributed by atoms with Crippen LogP contribution >= 0.6 is 0 Å². The van der Waals surface area contributed by atoms with Crippen LogP contribution in [0.3, 0.4) is 0 Å². The zero-order valence-corrected chi connectivity index (χ0v) is 38.2. The molecule has 356 valence electrons. The van der Waals surface area contributed by atoms with E-state index < -0.39 is 24.2 Å². The van der Waals surface area contributed by atoms with Crippen LogP contribution in [-0.4, -0.2) is 64.3 Å². The Morgan fingerprint density at radius 2 is 0.791 bits per heavy atom. The van der Waals surface area contributed by atoms with Crippen LogP contribution in [0.15, 0.2) is 109 Å². The van der Waals surface area contributed by atoms with Gasteiger partial charge < -0.3 is 26.4 Å². The highest BCUT2D eigenvalue weighted by Crippen LogP contribution is 2.54. The van der Waals surface area contributed by atoms with Gasteiger partial charge in [-0.2, -0.15) is 13.2 Å². The number of aliphatic carboxylic acids is 1. The van der Waals surface area contributed by atoms with E-state index in [4.69, 9.17) is 9.90 Å². The minimum absolute atomic E-state index is 0.147. The third-order valence-corrected chi connectivity index (χ3v) is 15.9. The van der Waals surface area contributed by atoms with Crippen molar-refractivity contribution in [1.82, 2.24) is 31.1 Å². The molecule has 5 N–H and O–H groups in total. The number of carbonyl (C=O) groups is 3. The van der Waals surface area contributed by atoms with Gasteiger partial charge in [-0.25, -0.2) is 14.4 Å². The van der Waals surface area contributed by atoms with Crippen molar-refractivity contribution in [2.75, 3.05) is 13.1 Å². The number of urea groups is 2. The number of carboxylic acid groups (broad SMARTS) is 1. The van der Waals surface area contributed by atoms with Crippen LogP contribution in [0.4, 0.5) is 22.8 Å². The molecule has 13 heteroatoms. The number of carboxylic acids is 1. The second-order valence-electron chi connectivity index (χ2n) is 19.8. The van der Waals surface area contributed by atoms with Crippen molar-refractivity contribution < 1.29 is 32.7 Å². The fourth-order valence-corrected chi connectivity index (χ4v) is 12.6. The van der Waals surface area contributed by atoms with E-state index in [1.165, 1.54) is 51.6 Å². The average molecular weight is 919 g/mol. The molecule has 0 aromatic heterocycles. The van der Waals surface area contributed by atoms with E-state index in [9.17, 15) is 22.8 Å². The Labute approximate surface area is 392 Å². The summed E-state index contributed by atoms with van der Waals surface area (Å²) < 4.78 is 31.7. The van der Waals surface area contributed by atoms with Crippen molar-refractivity contribution in [1.29, 1.82) is 0 Å². The zero-order valence-electron chi connectivity index (χ0n) is 38.2. The van der Waals surface area contributed by atoms with Crippen molar-refractivity contribution in [3.05, 3.63) is 143 Å². The topological polar surface area (TPSA) is 126 Å². The molecular formula is C54H65F3N6O4. The van der Waals surface area contributed by atoms with Crippen molar-refractivity contribution in [3.63, 3.8) is 0 Å². The fourth-order valence-electron chi connectivity index (χ4n) is 12.6. The summed E-state index contributed by atoms with van der Waals surface area (Å²) in [7, 11) is 0. The molecule has 67 heavy (non-hydrogen) atoms. The first-order valence-electron chi connectivity index (χ1n) is 24.7. The minimum Gasteiger partial charge on any atom is -0.475 e. The summed E-state index contributed by atoms with van der Waals surface area (Å²) in [5.74, 6) is -1.35. The van der Waals surface area contributed by atoms with Gasteiger partial charge in [0.05, 0.1) is 12.1 Å². The summed E-state index contributed by atoms with van der Waals surface area (Å²) in [6.07, 6.45) is 11.1. The van der Waals surface area contributed by atoms with Gasteiger partial charge >= 0.3 is 24.2 Å². The van der Waals surface area contributed by atoms with Gasteiger partial charge in [0.2, 0.25) is 0 Å². The fraction of sp³-hybridized carbons (Fsp3) is 0.500. The number of benzene rings is 4. The molecule has 4 aromatic rings. The lowest BCUT2D eigenvalue weighted by Gasteiger charge is -2.34. The number of nitrogens with zero attached hydrogens (tertiary/aromatic N) is 2. The first-order chi connectivity index (χ1) is 32.5. The predicted octanol–water partition coefficient (Wildman–Crippen LogP) is 11.4. The Morgan fingerprint density at radius 3 is 1.09 bits per heavy atom. The summed E-state index contributed by atoms with van der Waals surface area (Å²) in [5.41, 5.74) is 8.16. The second kappa shape index (κ2) is 20.9. The number of hydrogen-bond donors (Lipinski definition) is 5. The average Bonchev–Trinajstić information content (AvgIpc) is 4.11. The van der Waals surface area contributed by atoms with Crippen molar-refractivity contribution in [3.8, 4) is 0 Å². The van der Waals surface area contributed by atoms with Crippen LogP contribution in [0.2, 0.25) is 0 Å². The van der Waals surface area contributed by atoms with Gasteiger partial charge in [-0.1, -0.05) is 109 Å². The van der Waals surface area contributed by atoms with Crippen molar-refractivity contribution >= 4 is 18.0 Å². The van der Waals surface area contributed by atoms with Crippen molar-refractivity contribution in [2.45, 2.75) is 144 Å². The Balaban J connectivity index is 0.000000747. The van der Waals surface area contributed by atoms with E-state index in [1.807, 2.05) is 60.7 Å².